The van der Waals surface area contributed by atoms with E-state index in [1.807, 2.05) is 71.6 Å². The Kier molecular flexibility index (Phi) is 6.62. The van der Waals surface area contributed by atoms with Crippen LogP contribution in [0.5, 0.6) is 0 Å². The third kappa shape index (κ3) is 5.51. The largest absolute Gasteiger partial charge is 0.339 e. The van der Waals surface area contributed by atoms with E-state index in [1.54, 1.807) is 0 Å². The number of anilines is 1. The Balaban J connectivity index is 1.32. The van der Waals surface area contributed by atoms with E-state index in [-0.39, 0.29) is 11.9 Å². The van der Waals surface area contributed by atoms with Gasteiger partial charge in [-0.05, 0) is 54.2 Å². The number of likely N-dealkylation sites (tertiary alicyclic amines) is 1. The average Bonchev–Trinajstić information content (AvgIpc) is 3.35. The molecular weight excluding hydrogens is 386 g/mol. The Morgan fingerprint density at radius 1 is 0.774 bits per heavy atom. The van der Waals surface area contributed by atoms with E-state index < -0.39 is 0 Å². The highest BCUT2D eigenvalue weighted by molar-refractivity contribution is 5.94. The summed E-state index contributed by atoms with van der Waals surface area (Å²) in [6, 6.07) is 25.2. The maximum Gasteiger partial charge on any atom is 0.319 e. The van der Waals surface area contributed by atoms with Gasteiger partial charge in [0.1, 0.15) is 0 Å². The Morgan fingerprint density at radius 2 is 1.45 bits per heavy atom. The van der Waals surface area contributed by atoms with Crippen LogP contribution in [0.4, 0.5) is 10.5 Å². The minimum absolute atomic E-state index is 0.0878. The van der Waals surface area contributed by atoms with Gasteiger partial charge < -0.3 is 15.5 Å². The number of hydrogen-bond donors (Lipinski definition) is 2. The lowest BCUT2D eigenvalue weighted by atomic mass is 10.0. The topological polar surface area (TPSA) is 61.4 Å². The maximum absolute atomic E-state index is 12.5. The maximum atomic E-state index is 12.5. The van der Waals surface area contributed by atoms with Crippen molar-refractivity contribution in [2.45, 2.75) is 25.8 Å². The van der Waals surface area contributed by atoms with Gasteiger partial charge in [0.05, 0.1) is 0 Å². The first-order valence-electron chi connectivity index (χ1n) is 10.7. The Labute approximate surface area is 183 Å². The van der Waals surface area contributed by atoms with Crippen LogP contribution in [0.15, 0.2) is 78.9 Å². The van der Waals surface area contributed by atoms with E-state index in [0.29, 0.717) is 12.1 Å². The molecule has 0 aromatic heterocycles. The summed E-state index contributed by atoms with van der Waals surface area (Å²) >= 11 is 0. The Morgan fingerprint density at radius 3 is 2.19 bits per heavy atom. The van der Waals surface area contributed by atoms with Gasteiger partial charge in [-0.3, -0.25) is 4.79 Å². The molecule has 0 atom stereocenters. The van der Waals surface area contributed by atoms with E-state index in [1.165, 1.54) is 5.56 Å². The molecule has 1 aliphatic rings. The molecule has 1 fully saturated rings. The molecule has 0 aliphatic carbocycles. The van der Waals surface area contributed by atoms with Gasteiger partial charge in [-0.15, -0.1) is 0 Å². The molecule has 1 aliphatic heterocycles. The minimum atomic E-state index is -0.252. The third-order valence-corrected chi connectivity index (χ3v) is 5.55. The van der Waals surface area contributed by atoms with Crippen molar-refractivity contribution in [3.8, 4) is 0 Å². The van der Waals surface area contributed by atoms with Crippen molar-refractivity contribution in [3.63, 3.8) is 0 Å². The number of carbonyl (C=O) groups excluding carboxylic acids is 2. The molecule has 0 spiro atoms. The second-order valence-corrected chi connectivity index (χ2v) is 7.82. The third-order valence-electron chi connectivity index (χ3n) is 5.55. The van der Waals surface area contributed by atoms with E-state index >= 15 is 0 Å². The summed E-state index contributed by atoms with van der Waals surface area (Å²) in [5, 5.41) is 5.85. The zero-order valence-electron chi connectivity index (χ0n) is 17.5. The number of hydrogen-bond acceptors (Lipinski definition) is 2. The van der Waals surface area contributed by atoms with Crippen LogP contribution < -0.4 is 10.6 Å². The van der Waals surface area contributed by atoms with E-state index in [0.717, 1.165) is 49.2 Å². The van der Waals surface area contributed by atoms with Crippen molar-refractivity contribution in [2.75, 3.05) is 18.4 Å². The summed E-state index contributed by atoms with van der Waals surface area (Å²) in [5.74, 6) is 0.0878. The number of para-hydroxylation sites is 1. The number of carbonyl (C=O) groups is 2. The predicted octanol–water partition coefficient (Wildman–Crippen LogP) is 4.84. The fourth-order valence-electron chi connectivity index (χ4n) is 3.83. The molecule has 5 nitrogen and oxygen atoms in total. The lowest BCUT2D eigenvalue weighted by Crippen LogP contribution is -2.29. The van der Waals surface area contributed by atoms with E-state index in [4.69, 9.17) is 0 Å². The molecule has 0 saturated carbocycles. The normalized spacial score (nSPS) is 13.1. The predicted molar refractivity (Wildman–Crippen MR) is 123 cm³/mol. The van der Waals surface area contributed by atoms with Crippen LogP contribution in [0.25, 0.3) is 0 Å². The Hall–Kier alpha value is -3.60. The molecule has 1 heterocycles. The molecule has 2 N–H and O–H groups in total. The van der Waals surface area contributed by atoms with Crippen LogP contribution in [0.2, 0.25) is 0 Å². The first-order chi connectivity index (χ1) is 15.2. The number of rotatable bonds is 6. The van der Waals surface area contributed by atoms with E-state index in [2.05, 4.69) is 22.8 Å². The zero-order valence-corrected chi connectivity index (χ0v) is 17.5. The molecule has 158 valence electrons. The van der Waals surface area contributed by atoms with Gasteiger partial charge in [0.2, 0.25) is 0 Å². The molecule has 0 radical (unpaired) electrons. The van der Waals surface area contributed by atoms with Crippen molar-refractivity contribution in [1.82, 2.24) is 10.2 Å². The van der Waals surface area contributed by atoms with Crippen molar-refractivity contribution >= 4 is 17.6 Å². The van der Waals surface area contributed by atoms with Crippen LogP contribution in [0, 0.1) is 0 Å². The van der Waals surface area contributed by atoms with Gasteiger partial charge in [0, 0.05) is 30.9 Å². The number of nitrogens with one attached hydrogen (secondary N) is 2. The summed E-state index contributed by atoms with van der Waals surface area (Å²) in [6.07, 6.45) is 2.92. The number of urea groups is 1. The SMILES string of the molecule is O=C(NCc1ccc(C(=O)N2CCCC2)cc1)Nc1ccccc1Cc1ccccc1. The summed E-state index contributed by atoms with van der Waals surface area (Å²) in [5.41, 5.74) is 4.71. The summed E-state index contributed by atoms with van der Waals surface area (Å²) < 4.78 is 0. The number of benzene rings is 3. The lowest BCUT2D eigenvalue weighted by molar-refractivity contribution is 0.0793. The lowest BCUT2D eigenvalue weighted by Gasteiger charge is -2.15. The fraction of sp³-hybridized carbons (Fsp3) is 0.231. The van der Waals surface area contributed by atoms with Crippen LogP contribution in [-0.2, 0) is 13.0 Å². The highest BCUT2D eigenvalue weighted by atomic mass is 16.2. The van der Waals surface area contributed by atoms with Crippen LogP contribution in [0.3, 0.4) is 0 Å². The molecule has 31 heavy (non-hydrogen) atoms. The number of nitrogens with zero attached hydrogens (tertiary/aromatic N) is 1. The van der Waals surface area contributed by atoms with Crippen molar-refractivity contribution in [1.29, 1.82) is 0 Å². The van der Waals surface area contributed by atoms with Gasteiger partial charge in [0.15, 0.2) is 0 Å². The summed E-state index contributed by atoms with van der Waals surface area (Å²) in [7, 11) is 0. The monoisotopic (exact) mass is 413 g/mol. The molecule has 0 bridgehead atoms. The average molecular weight is 414 g/mol. The van der Waals surface area contributed by atoms with Crippen LogP contribution >= 0.6 is 0 Å². The fourth-order valence-corrected chi connectivity index (χ4v) is 3.83. The standard InChI is InChI=1S/C26H27N3O2/c30-25(29-16-6-7-17-29)22-14-12-21(13-15-22)19-27-26(31)28-24-11-5-4-10-23(24)18-20-8-2-1-3-9-20/h1-5,8-15H,6-7,16-19H2,(H2,27,28,31). The molecule has 5 heteroatoms. The molecule has 3 aromatic rings. The van der Waals surface area contributed by atoms with Crippen LogP contribution in [0.1, 0.15) is 39.9 Å². The van der Waals surface area contributed by atoms with Gasteiger partial charge in [-0.2, -0.15) is 0 Å². The van der Waals surface area contributed by atoms with Gasteiger partial charge >= 0.3 is 6.03 Å². The molecule has 3 amide bonds. The number of amides is 3. The summed E-state index contributed by atoms with van der Waals surface area (Å²) in [4.78, 5) is 26.8. The van der Waals surface area contributed by atoms with E-state index in [9.17, 15) is 9.59 Å². The minimum Gasteiger partial charge on any atom is -0.339 e. The van der Waals surface area contributed by atoms with Crippen molar-refractivity contribution in [3.05, 3.63) is 101 Å². The second-order valence-electron chi connectivity index (χ2n) is 7.82. The van der Waals surface area contributed by atoms with Gasteiger partial charge in [0.25, 0.3) is 5.91 Å². The quantitative estimate of drug-likeness (QED) is 0.608. The molecular formula is C26H27N3O2. The zero-order chi connectivity index (χ0) is 21.5. The molecule has 0 unspecified atom stereocenters. The van der Waals surface area contributed by atoms with Gasteiger partial charge in [-0.25, -0.2) is 4.79 Å². The smallest absolute Gasteiger partial charge is 0.319 e. The van der Waals surface area contributed by atoms with Crippen molar-refractivity contribution in [2.24, 2.45) is 0 Å². The van der Waals surface area contributed by atoms with Crippen molar-refractivity contribution < 1.29 is 9.59 Å². The molecule has 3 aromatic carbocycles. The first-order valence-corrected chi connectivity index (χ1v) is 10.7. The Bertz CT molecular complexity index is 1030. The summed E-state index contributed by atoms with van der Waals surface area (Å²) in [6.45, 7) is 2.08. The molecule has 1 saturated heterocycles. The highest BCUT2D eigenvalue weighted by Crippen LogP contribution is 2.19. The van der Waals surface area contributed by atoms with Crippen LogP contribution in [-0.4, -0.2) is 29.9 Å². The second kappa shape index (κ2) is 9.94. The first kappa shape index (κ1) is 20.7. The highest BCUT2D eigenvalue weighted by Gasteiger charge is 2.19. The molecule has 4 rings (SSSR count). The van der Waals surface area contributed by atoms with Gasteiger partial charge in [-0.1, -0.05) is 60.7 Å².